The Morgan fingerprint density at radius 1 is 1.42 bits per heavy atom. The minimum Gasteiger partial charge on any atom is -0.396 e. The molecular formula is C14H18ClN3O. The summed E-state index contributed by atoms with van der Waals surface area (Å²) in [6, 6.07) is 7.49. The van der Waals surface area contributed by atoms with Crippen LogP contribution in [0.25, 0.3) is 5.69 Å². The van der Waals surface area contributed by atoms with Gasteiger partial charge in [-0.25, -0.2) is 4.68 Å². The zero-order chi connectivity index (χ0) is 13.9. The summed E-state index contributed by atoms with van der Waals surface area (Å²) >= 11 is 6.04. The molecule has 2 N–H and O–H groups in total. The molecule has 1 aromatic carbocycles. The van der Waals surface area contributed by atoms with Gasteiger partial charge in [-0.05, 0) is 24.3 Å². The van der Waals surface area contributed by atoms with E-state index in [9.17, 15) is 5.11 Å². The normalized spacial score (nSPS) is 11.6. The zero-order valence-corrected chi connectivity index (χ0v) is 11.9. The fourth-order valence-corrected chi connectivity index (χ4v) is 1.81. The minimum absolute atomic E-state index is 0.130. The summed E-state index contributed by atoms with van der Waals surface area (Å²) in [5.41, 5.74) is 1.65. The second-order valence-corrected chi connectivity index (χ2v) is 5.72. The molecule has 0 saturated carbocycles. The number of hydrogen-bond acceptors (Lipinski definition) is 3. The van der Waals surface area contributed by atoms with Crippen molar-refractivity contribution in [2.24, 2.45) is 5.41 Å². The number of halogens is 1. The van der Waals surface area contributed by atoms with Crippen LogP contribution in [0.1, 0.15) is 13.8 Å². The highest BCUT2D eigenvalue weighted by Crippen LogP contribution is 2.25. The molecular weight excluding hydrogens is 262 g/mol. The number of hydrogen-bond donors (Lipinski definition) is 2. The molecule has 5 heteroatoms. The lowest BCUT2D eigenvalue weighted by molar-refractivity contribution is 0.171. The predicted molar refractivity (Wildman–Crippen MR) is 77.9 cm³/mol. The number of nitrogens with one attached hydrogen (secondary N) is 1. The summed E-state index contributed by atoms with van der Waals surface area (Å²) in [6.07, 6.45) is 3.59. The first-order chi connectivity index (χ1) is 9.02. The molecule has 0 aliphatic heterocycles. The molecule has 0 amide bonds. The van der Waals surface area contributed by atoms with Crippen molar-refractivity contribution in [1.29, 1.82) is 0 Å². The van der Waals surface area contributed by atoms with Gasteiger partial charge in [-0.15, -0.1) is 0 Å². The Balaban J connectivity index is 2.26. The smallest absolute Gasteiger partial charge is 0.0891 e. The molecule has 0 aliphatic carbocycles. The van der Waals surface area contributed by atoms with E-state index >= 15 is 0 Å². The van der Waals surface area contributed by atoms with Crippen LogP contribution in [0.2, 0.25) is 5.02 Å². The van der Waals surface area contributed by atoms with E-state index in [2.05, 4.69) is 10.4 Å². The van der Waals surface area contributed by atoms with Gasteiger partial charge in [0.1, 0.15) is 0 Å². The van der Waals surface area contributed by atoms with Crippen molar-refractivity contribution >= 4 is 17.3 Å². The third-order valence-corrected chi connectivity index (χ3v) is 3.13. The Kier molecular flexibility index (Phi) is 4.12. The van der Waals surface area contributed by atoms with E-state index in [1.807, 2.05) is 44.3 Å². The van der Waals surface area contributed by atoms with Gasteiger partial charge in [0.25, 0.3) is 0 Å². The van der Waals surface area contributed by atoms with E-state index in [1.165, 1.54) is 0 Å². The maximum absolute atomic E-state index is 9.29. The molecule has 0 fully saturated rings. The summed E-state index contributed by atoms with van der Waals surface area (Å²) in [6.45, 7) is 4.80. The second kappa shape index (κ2) is 5.63. The van der Waals surface area contributed by atoms with Crippen molar-refractivity contribution in [2.75, 3.05) is 18.5 Å². The highest BCUT2D eigenvalue weighted by Gasteiger charge is 2.17. The first-order valence-corrected chi connectivity index (χ1v) is 6.54. The molecule has 0 saturated heterocycles. The maximum Gasteiger partial charge on any atom is 0.0891 e. The van der Waals surface area contributed by atoms with Crippen LogP contribution in [-0.4, -0.2) is 28.0 Å². The van der Waals surface area contributed by atoms with Gasteiger partial charge in [0.15, 0.2) is 0 Å². The SMILES string of the molecule is CC(C)(CO)CNc1ccc(Cl)cc1-n1cccn1. The molecule has 1 heterocycles. The zero-order valence-electron chi connectivity index (χ0n) is 11.1. The van der Waals surface area contributed by atoms with Crippen molar-refractivity contribution in [2.45, 2.75) is 13.8 Å². The molecule has 0 bridgehead atoms. The van der Waals surface area contributed by atoms with E-state index < -0.39 is 0 Å². The maximum atomic E-state index is 9.29. The van der Waals surface area contributed by atoms with Crippen molar-refractivity contribution in [3.05, 3.63) is 41.7 Å². The van der Waals surface area contributed by atoms with Gasteiger partial charge < -0.3 is 10.4 Å². The number of benzene rings is 1. The third kappa shape index (κ3) is 3.49. The lowest BCUT2D eigenvalue weighted by atomic mass is 9.95. The van der Waals surface area contributed by atoms with Gasteiger partial charge in [-0.1, -0.05) is 25.4 Å². The number of aromatic nitrogens is 2. The molecule has 2 aromatic rings. The molecule has 0 radical (unpaired) electrons. The summed E-state index contributed by atoms with van der Waals surface area (Å²) < 4.78 is 1.76. The van der Waals surface area contributed by atoms with Crippen LogP contribution < -0.4 is 5.32 Å². The van der Waals surface area contributed by atoms with Crippen molar-refractivity contribution < 1.29 is 5.11 Å². The lowest BCUT2D eigenvalue weighted by Crippen LogP contribution is -2.27. The van der Waals surface area contributed by atoms with E-state index in [1.54, 1.807) is 10.9 Å². The highest BCUT2D eigenvalue weighted by molar-refractivity contribution is 6.30. The van der Waals surface area contributed by atoms with Crippen LogP contribution in [-0.2, 0) is 0 Å². The van der Waals surface area contributed by atoms with E-state index in [4.69, 9.17) is 11.6 Å². The highest BCUT2D eigenvalue weighted by atomic mass is 35.5. The third-order valence-electron chi connectivity index (χ3n) is 2.90. The topological polar surface area (TPSA) is 50.1 Å². The second-order valence-electron chi connectivity index (χ2n) is 5.29. The fourth-order valence-electron chi connectivity index (χ4n) is 1.65. The largest absolute Gasteiger partial charge is 0.396 e. The Morgan fingerprint density at radius 3 is 2.84 bits per heavy atom. The average molecular weight is 280 g/mol. The van der Waals surface area contributed by atoms with Crippen LogP contribution in [0.5, 0.6) is 0 Å². The van der Waals surface area contributed by atoms with Gasteiger partial charge in [0.05, 0.1) is 11.4 Å². The van der Waals surface area contributed by atoms with Crippen LogP contribution in [0, 0.1) is 5.41 Å². The summed E-state index contributed by atoms with van der Waals surface area (Å²) in [5, 5.41) is 17.5. The monoisotopic (exact) mass is 279 g/mol. The van der Waals surface area contributed by atoms with Gasteiger partial charge in [0, 0.05) is 36.0 Å². The number of rotatable bonds is 5. The lowest BCUT2D eigenvalue weighted by Gasteiger charge is -2.23. The molecule has 2 rings (SSSR count). The summed E-state index contributed by atoms with van der Waals surface area (Å²) in [5.74, 6) is 0. The Hall–Kier alpha value is -1.52. The molecule has 1 aromatic heterocycles. The van der Waals surface area contributed by atoms with Crippen LogP contribution >= 0.6 is 11.6 Å². The Morgan fingerprint density at radius 2 is 2.21 bits per heavy atom. The van der Waals surface area contributed by atoms with Crippen molar-refractivity contribution in [3.8, 4) is 5.69 Å². The Labute approximate surface area is 118 Å². The quantitative estimate of drug-likeness (QED) is 0.885. The molecule has 0 aliphatic rings. The van der Waals surface area contributed by atoms with Gasteiger partial charge >= 0.3 is 0 Å². The molecule has 0 unspecified atom stereocenters. The van der Waals surface area contributed by atoms with Crippen LogP contribution in [0.15, 0.2) is 36.7 Å². The van der Waals surface area contributed by atoms with Crippen LogP contribution in [0.3, 0.4) is 0 Å². The summed E-state index contributed by atoms with van der Waals surface area (Å²) in [4.78, 5) is 0. The fraction of sp³-hybridized carbons (Fsp3) is 0.357. The van der Waals surface area contributed by atoms with Crippen molar-refractivity contribution in [1.82, 2.24) is 9.78 Å². The number of nitrogens with zero attached hydrogens (tertiary/aromatic N) is 2. The molecule has 19 heavy (non-hydrogen) atoms. The molecule has 102 valence electrons. The van der Waals surface area contributed by atoms with Gasteiger partial charge in [-0.3, -0.25) is 0 Å². The standard InChI is InChI=1S/C14H18ClN3O/c1-14(2,10-19)9-16-12-5-4-11(15)8-13(12)18-7-3-6-17-18/h3-8,16,19H,9-10H2,1-2H3. The predicted octanol–water partition coefficient (Wildman–Crippen LogP) is 2.96. The van der Waals surface area contributed by atoms with Gasteiger partial charge in [0.2, 0.25) is 0 Å². The van der Waals surface area contributed by atoms with Crippen molar-refractivity contribution in [3.63, 3.8) is 0 Å². The van der Waals surface area contributed by atoms with E-state index in [-0.39, 0.29) is 12.0 Å². The van der Waals surface area contributed by atoms with Crippen LogP contribution in [0.4, 0.5) is 5.69 Å². The average Bonchev–Trinajstić information content (AvgIpc) is 2.91. The number of aliphatic hydroxyl groups is 1. The molecule has 4 nitrogen and oxygen atoms in total. The van der Waals surface area contributed by atoms with Gasteiger partial charge in [-0.2, -0.15) is 5.10 Å². The first-order valence-electron chi connectivity index (χ1n) is 6.16. The first kappa shape index (κ1) is 13.9. The van der Waals surface area contributed by atoms with E-state index in [0.717, 1.165) is 11.4 Å². The Bertz CT molecular complexity index is 538. The number of aliphatic hydroxyl groups excluding tert-OH is 1. The molecule has 0 atom stereocenters. The minimum atomic E-state index is -0.180. The van der Waals surface area contributed by atoms with E-state index in [0.29, 0.717) is 11.6 Å². The molecule has 0 spiro atoms. The summed E-state index contributed by atoms with van der Waals surface area (Å²) in [7, 11) is 0. The number of anilines is 1.